The molecule has 0 bridgehead atoms. The lowest BCUT2D eigenvalue weighted by atomic mass is 9.77. The van der Waals surface area contributed by atoms with Gasteiger partial charge in [-0.15, -0.1) is 0 Å². The molecule has 1 fully saturated rings. The van der Waals surface area contributed by atoms with Gasteiger partial charge < -0.3 is 15.5 Å². The monoisotopic (exact) mass is 257 g/mol. The highest BCUT2D eigenvalue weighted by Gasteiger charge is 2.40. The molecule has 0 aromatic carbocycles. The third kappa shape index (κ3) is 3.98. The molecule has 0 saturated heterocycles. The molecule has 0 spiro atoms. The number of carbonyl (C=O) groups is 2. The normalized spacial score (nSPS) is 20.8. The first kappa shape index (κ1) is 15.0. The molecule has 18 heavy (non-hydrogen) atoms. The molecule has 5 nitrogen and oxygen atoms in total. The van der Waals surface area contributed by atoms with Gasteiger partial charge in [0.05, 0.1) is 12.0 Å². The molecule has 0 aromatic rings. The minimum atomic E-state index is -0.907. The highest BCUT2D eigenvalue weighted by Crippen LogP contribution is 2.38. The number of aliphatic hydroxyl groups is 1. The molecular formula is C13H23NO4. The summed E-state index contributed by atoms with van der Waals surface area (Å²) in [5, 5.41) is 20.9. The van der Waals surface area contributed by atoms with Gasteiger partial charge in [0.25, 0.3) is 0 Å². The number of carboxylic acid groups (broad SMARTS) is 1. The van der Waals surface area contributed by atoms with E-state index in [2.05, 4.69) is 5.32 Å². The second-order valence-corrected chi connectivity index (χ2v) is 5.33. The lowest BCUT2D eigenvalue weighted by molar-refractivity contribution is -0.153. The molecule has 104 valence electrons. The van der Waals surface area contributed by atoms with Gasteiger partial charge in [0.1, 0.15) is 0 Å². The van der Waals surface area contributed by atoms with Crippen LogP contribution < -0.4 is 5.32 Å². The number of rotatable bonds is 5. The molecule has 1 amide bonds. The van der Waals surface area contributed by atoms with E-state index in [1.807, 2.05) is 0 Å². The van der Waals surface area contributed by atoms with Gasteiger partial charge in [-0.3, -0.25) is 9.59 Å². The Morgan fingerprint density at radius 2 is 1.78 bits per heavy atom. The van der Waals surface area contributed by atoms with Crippen LogP contribution in [0, 0.1) is 5.41 Å². The van der Waals surface area contributed by atoms with Crippen LogP contribution in [0.1, 0.15) is 51.9 Å². The van der Waals surface area contributed by atoms with Crippen molar-refractivity contribution in [1.29, 1.82) is 0 Å². The van der Waals surface area contributed by atoms with Crippen molar-refractivity contribution in [2.24, 2.45) is 5.41 Å². The molecule has 1 atom stereocenters. The summed E-state index contributed by atoms with van der Waals surface area (Å²) in [4.78, 5) is 23.3. The van der Waals surface area contributed by atoms with Crippen molar-refractivity contribution < 1.29 is 19.8 Å². The molecule has 0 heterocycles. The number of carbonyl (C=O) groups excluding carboxylic acids is 1. The van der Waals surface area contributed by atoms with E-state index >= 15 is 0 Å². The molecule has 5 heteroatoms. The van der Waals surface area contributed by atoms with Gasteiger partial charge in [0.15, 0.2) is 0 Å². The van der Waals surface area contributed by atoms with Gasteiger partial charge in [-0.05, 0) is 19.8 Å². The fourth-order valence-electron chi connectivity index (χ4n) is 2.55. The van der Waals surface area contributed by atoms with Crippen LogP contribution >= 0.6 is 0 Å². The Morgan fingerprint density at radius 1 is 1.22 bits per heavy atom. The number of nitrogens with one attached hydrogen (secondary N) is 1. The van der Waals surface area contributed by atoms with Crippen molar-refractivity contribution in [3.63, 3.8) is 0 Å². The maximum Gasteiger partial charge on any atom is 0.310 e. The van der Waals surface area contributed by atoms with Crippen molar-refractivity contribution in [3.8, 4) is 0 Å². The van der Waals surface area contributed by atoms with Gasteiger partial charge in [0.2, 0.25) is 5.91 Å². The summed E-state index contributed by atoms with van der Waals surface area (Å²) in [7, 11) is 0. The van der Waals surface area contributed by atoms with Crippen molar-refractivity contribution in [1.82, 2.24) is 5.32 Å². The molecule has 0 unspecified atom stereocenters. The molecule has 0 aliphatic heterocycles. The minimum absolute atomic E-state index is 0.0205. The Kier molecular flexibility index (Phi) is 5.59. The highest BCUT2D eigenvalue weighted by atomic mass is 16.4. The van der Waals surface area contributed by atoms with Gasteiger partial charge in [-0.25, -0.2) is 0 Å². The fourth-order valence-corrected chi connectivity index (χ4v) is 2.55. The SMILES string of the molecule is C[C@@H](CO)NC(=O)CC1(C(=O)O)CCCCCC1. The predicted molar refractivity (Wildman–Crippen MR) is 67.1 cm³/mol. The largest absolute Gasteiger partial charge is 0.481 e. The van der Waals surface area contributed by atoms with Crippen LogP contribution in [0.2, 0.25) is 0 Å². The van der Waals surface area contributed by atoms with Crippen LogP contribution in [-0.4, -0.2) is 34.7 Å². The summed E-state index contributed by atoms with van der Waals surface area (Å²) in [6.45, 7) is 1.56. The van der Waals surface area contributed by atoms with E-state index in [-0.39, 0.29) is 25.0 Å². The smallest absolute Gasteiger partial charge is 0.310 e. The van der Waals surface area contributed by atoms with Crippen LogP contribution in [0.4, 0.5) is 0 Å². The van der Waals surface area contributed by atoms with Crippen molar-refractivity contribution >= 4 is 11.9 Å². The molecular weight excluding hydrogens is 234 g/mol. The molecule has 1 aliphatic rings. The molecule has 1 saturated carbocycles. The summed E-state index contributed by atoms with van der Waals surface area (Å²) in [6.07, 6.45) is 5.00. The summed E-state index contributed by atoms with van der Waals surface area (Å²) < 4.78 is 0. The van der Waals surface area contributed by atoms with Crippen LogP contribution in [-0.2, 0) is 9.59 Å². The maximum absolute atomic E-state index is 11.8. The number of hydrogen-bond acceptors (Lipinski definition) is 3. The first-order valence-corrected chi connectivity index (χ1v) is 6.64. The zero-order valence-corrected chi connectivity index (χ0v) is 10.9. The molecule has 0 radical (unpaired) electrons. The minimum Gasteiger partial charge on any atom is -0.481 e. The van der Waals surface area contributed by atoms with Crippen LogP contribution in [0.3, 0.4) is 0 Å². The number of amides is 1. The van der Waals surface area contributed by atoms with E-state index in [9.17, 15) is 14.7 Å². The predicted octanol–water partition coefficient (Wildman–Crippen LogP) is 1.30. The van der Waals surface area contributed by atoms with Gasteiger partial charge in [-0.1, -0.05) is 25.7 Å². The first-order chi connectivity index (χ1) is 8.50. The average molecular weight is 257 g/mol. The lowest BCUT2D eigenvalue weighted by Gasteiger charge is -2.27. The van der Waals surface area contributed by atoms with E-state index in [1.54, 1.807) is 6.92 Å². The Hall–Kier alpha value is -1.10. The molecule has 3 N–H and O–H groups in total. The Labute approximate surface area is 108 Å². The maximum atomic E-state index is 11.8. The van der Waals surface area contributed by atoms with Crippen LogP contribution in [0.15, 0.2) is 0 Å². The topological polar surface area (TPSA) is 86.6 Å². The standard InChI is InChI=1S/C13H23NO4/c1-10(9-15)14-11(16)8-13(12(17)18)6-4-2-3-5-7-13/h10,15H,2-9H2,1H3,(H,14,16)(H,17,18)/t10-/m0/s1. The van der Waals surface area contributed by atoms with E-state index in [1.165, 1.54) is 0 Å². The first-order valence-electron chi connectivity index (χ1n) is 6.64. The zero-order valence-electron chi connectivity index (χ0n) is 10.9. The summed E-state index contributed by atoms with van der Waals surface area (Å²) in [5.74, 6) is -1.14. The zero-order chi connectivity index (χ0) is 13.6. The Morgan fingerprint density at radius 3 is 2.22 bits per heavy atom. The summed E-state index contributed by atoms with van der Waals surface area (Å²) >= 11 is 0. The Bertz CT molecular complexity index is 295. The number of aliphatic hydroxyl groups excluding tert-OH is 1. The lowest BCUT2D eigenvalue weighted by Crippen LogP contribution is -2.41. The second-order valence-electron chi connectivity index (χ2n) is 5.33. The van der Waals surface area contributed by atoms with Crippen LogP contribution in [0.25, 0.3) is 0 Å². The fraction of sp³-hybridized carbons (Fsp3) is 0.846. The van der Waals surface area contributed by atoms with Crippen molar-refractivity contribution in [2.45, 2.75) is 57.9 Å². The van der Waals surface area contributed by atoms with Gasteiger partial charge >= 0.3 is 5.97 Å². The quantitative estimate of drug-likeness (QED) is 0.648. The van der Waals surface area contributed by atoms with Gasteiger partial charge in [-0.2, -0.15) is 0 Å². The second kappa shape index (κ2) is 6.73. The summed E-state index contributed by atoms with van der Waals surface area (Å²) in [6, 6.07) is -0.325. The molecule has 1 aliphatic carbocycles. The van der Waals surface area contributed by atoms with Crippen molar-refractivity contribution in [2.75, 3.05) is 6.61 Å². The van der Waals surface area contributed by atoms with E-state index in [4.69, 9.17) is 5.11 Å². The number of aliphatic carboxylic acids is 1. The van der Waals surface area contributed by atoms with E-state index in [0.717, 1.165) is 25.7 Å². The van der Waals surface area contributed by atoms with Crippen molar-refractivity contribution in [3.05, 3.63) is 0 Å². The number of carboxylic acids is 1. The third-order valence-corrected chi connectivity index (χ3v) is 3.69. The van der Waals surface area contributed by atoms with Gasteiger partial charge in [0, 0.05) is 12.5 Å². The Balaban J connectivity index is 2.67. The summed E-state index contributed by atoms with van der Waals surface area (Å²) in [5.41, 5.74) is -0.907. The van der Waals surface area contributed by atoms with E-state index in [0.29, 0.717) is 12.8 Å². The average Bonchev–Trinajstić information content (AvgIpc) is 2.55. The van der Waals surface area contributed by atoms with E-state index < -0.39 is 11.4 Å². The highest BCUT2D eigenvalue weighted by molar-refractivity contribution is 5.85. The third-order valence-electron chi connectivity index (χ3n) is 3.69. The molecule has 0 aromatic heterocycles. The number of hydrogen-bond donors (Lipinski definition) is 3. The van der Waals surface area contributed by atoms with Crippen LogP contribution in [0.5, 0.6) is 0 Å². The molecule has 1 rings (SSSR count).